The second-order valence-corrected chi connectivity index (χ2v) is 6.81. The summed E-state index contributed by atoms with van der Waals surface area (Å²) in [7, 11) is 0. The van der Waals surface area contributed by atoms with Gasteiger partial charge < -0.3 is 9.09 Å². The second kappa shape index (κ2) is 6.46. The molecule has 5 nitrogen and oxygen atoms in total. The van der Waals surface area contributed by atoms with Gasteiger partial charge in [-0.15, -0.1) is 11.3 Å². The molecule has 0 radical (unpaired) electrons. The van der Waals surface area contributed by atoms with Gasteiger partial charge in [0.05, 0.1) is 4.88 Å². The monoisotopic (exact) mass is 338 g/mol. The van der Waals surface area contributed by atoms with Crippen LogP contribution in [0.25, 0.3) is 22.4 Å². The van der Waals surface area contributed by atoms with Gasteiger partial charge in [0.1, 0.15) is 11.6 Å². The minimum Gasteiger partial charge on any atom is -0.346 e. The summed E-state index contributed by atoms with van der Waals surface area (Å²) in [5.74, 6) is 0.754. The fourth-order valence-electron chi connectivity index (χ4n) is 2.88. The van der Waals surface area contributed by atoms with E-state index >= 15 is 0 Å². The summed E-state index contributed by atoms with van der Waals surface area (Å²) in [5.41, 5.74) is 3.65. The molecule has 122 valence electrons. The molecule has 3 aromatic rings. The topological polar surface area (TPSA) is 67.6 Å². The zero-order valence-electron chi connectivity index (χ0n) is 14.1. The van der Waals surface area contributed by atoms with E-state index in [0.717, 1.165) is 21.8 Å². The number of aryl methyl sites for hydroxylation is 1. The summed E-state index contributed by atoms with van der Waals surface area (Å²) in [5, 5.41) is 15.4. The molecular weight excluding hydrogens is 320 g/mol. The zero-order chi connectivity index (χ0) is 17.3. The zero-order valence-corrected chi connectivity index (χ0v) is 14.9. The van der Waals surface area contributed by atoms with E-state index in [2.05, 4.69) is 54.5 Å². The molecule has 24 heavy (non-hydrogen) atoms. The van der Waals surface area contributed by atoms with Crippen LogP contribution in [0.1, 0.15) is 42.7 Å². The molecule has 3 rings (SSSR count). The van der Waals surface area contributed by atoms with Gasteiger partial charge >= 0.3 is 0 Å². The van der Waals surface area contributed by atoms with E-state index in [1.54, 1.807) is 0 Å². The lowest BCUT2D eigenvalue weighted by Crippen LogP contribution is -2.04. The Morgan fingerprint density at radius 2 is 2.21 bits per heavy atom. The van der Waals surface area contributed by atoms with Gasteiger partial charge in [0.15, 0.2) is 0 Å². The highest BCUT2D eigenvalue weighted by Gasteiger charge is 2.16. The molecule has 0 aliphatic rings. The van der Waals surface area contributed by atoms with Crippen LogP contribution in [0.2, 0.25) is 0 Å². The van der Waals surface area contributed by atoms with Crippen molar-refractivity contribution in [3.63, 3.8) is 0 Å². The third-order valence-electron chi connectivity index (χ3n) is 3.86. The molecule has 0 unspecified atom stereocenters. The quantitative estimate of drug-likeness (QED) is 0.637. The van der Waals surface area contributed by atoms with Crippen LogP contribution in [-0.2, 0) is 0 Å². The van der Waals surface area contributed by atoms with Crippen LogP contribution in [0.4, 0.5) is 0 Å². The summed E-state index contributed by atoms with van der Waals surface area (Å²) in [4.78, 5) is 5.27. The normalized spacial score (nSPS) is 11.9. The van der Waals surface area contributed by atoms with Crippen LogP contribution in [0.3, 0.4) is 0 Å². The van der Waals surface area contributed by atoms with Crippen molar-refractivity contribution < 1.29 is 4.52 Å². The van der Waals surface area contributed by atoms with E-state index in [1.807, 2.05) is 23.6 Å². The summed E-state index contributed by atoms with van der Waals surface area (Å²) >= 11 is 1.53. The number of allylic oxidation sites excluding steroid dienone is 1. The number of aromatic nitrogens is 3. The molecule has 0 saturated carbocycles. The molecule has 0 bridgehead atoms. The van der Waals surface area contributed by atoms with Crippen LogP contribution in [0.15, 0.2) is 28.1 Å². The standard InChI is InChI=1S/C18H18N4OS/c1-11(2)22-12(3)8-14(13(22)4)9-15(10-19)18-20-17(21-23-18)16-6-5-7-24-16/h5-9,11H,1-4H3/b15-9+. The molecule has 0 fully saturated rings. The molecule has 0 spiro atoms. The Hall–Kier alpha value is -2.65. The molecule has 0 aliphatic heterocycles. The van der Waals surface area contributed by atoms with Crippen molar-refractivity contribution in [2.45, 2.75) is 33.7 Å². The Kier molecular flexibility index (Phi) is 4.36. The first-order chi connectivity index (χ1) is 11.5. The lowest BCUT2D eigenvalue weighted by atomic mass is 10.1. The Morgan fingerprint density at radius 3 is 2.79 bits per heavy atom. The van der Waals surface area contributed by atoms with E-state index in [9.17, 15) is 5.26 Å². The largest absolute Gasteiger partial charge is 0.346 e. The third kappa shape index (κ3) is 2.91. The van der Waals surface area contributed by atoms with Crippen LogP contribution >= 0.6 is 11.3 Å². The number of rotatable bonds is 4. The first-order valence-corrected chi connectivity index (χ1v) is 8.57. The summed E-state index contributed by atoms with van der Waals surface area (Å²) in [6.07, 6.45) is 1.81. The van der Waals surface area contributed by atoms with Crippen molar-refractivity contribution in [3.8, 4) is 16.8 Å². The van der Waals surface area contributed by atoms with Gasteiger partial charge in [-0.25, -0.2) is 0 Å². The predicted octanol–water partition coefficient (Wildman–Crippen LogP) is 4.86. The number of nitriles is 1. The molecule has 3 heterocycles. The molecule has 0 atom stereocenters. The van der Waals surface area contributed by atoms with Crippen molar-refractivity contribution >= 4 is 23.0 Å². The molecule has 3 aromatic heterocycles. The van der Waals surface area contributed by atoms with Crippen molar-refractivity contribution in [1.82, 2.24) is 14.7 Å². The van der Waals surface area contributed by atoms with E-state index < -0.39 is 0 Å². The maximum absolute atomic E-state index is 9.51. The molecule has 0 aromatic carbocycles. The fraction of sp³-hybridized carbons (Fsp3) is 0.278. The van der Waals surface area contributed by atoms with E-state index in [-0.39, 0.29) is 5.89 Å². The fourth-order valence-corrected chi connectivity index (χ4v) is 3.53. The first kappa shape index (κ1) is 16.2. The van der Waals surface area contributed by atoms with E-state index in [0.29, 0.717) is 17.4 Å². The van der Waals surface area contributed by atoms with Crippen LogP contribution in [-0.4, -0.2) is 14.7 Å². The predicted molar refractivity (Wildman–Crippen MR) is 95.4 cm³/mol. The van der Waals surface area contributed by atoms with Gasteiger partial charge in [-0.2, -0.15) is 10.2 Å². The Labute approximate surface area is 144 Å². The number of thiophene rings is 1. The minimum atomic E-state index is 0.246. The Bertz CT molecular complexity index is 923. The van der Waals surface area contributed by atoms with E-state index in [4.69, 9.17) is 4.52 Å². The Balaban J connectivity index is 2.00. The minimum absolute atomic E-state index is 0.246. The van der Waals surface area contributed by atoms with Crippen molar-refractivity contribution in [2.75, 3.05) is 0 Å². The molecule has 0 saturated heterocycles. The SMILES string of the molecule is Cc1cc(/C=C(\C#N)c2nc(-c3cccs3)no2)c(C)n1C(C)C. The number of hydrogen-bond acceptors (Lipinski definition) is 5. The highest BCUT2D eigenvalue weighted by molar-refractivity contribution is 7.13. The van der Waals surface area contributed by atoms with E-state index in [1.165, 1.54) is 11.3 Å². The molecule has 0 N–H and O–H groups in total. The highest BCUT2D eigenvalue weighted by atomic mass is 32.1. The maximum Gasteiger partial charge on any atom is 0.268 e. The van der Waals surface area contributed by atoms with Crippen molar-refractivity contribution in [3.05, 3.63) is 46.4 Å². The van der Waals surface area contributed by atoms with Crippen LogP contribution in [0, 0.1) is 25.2 Å². The summed E-state index contributed by atoms with van der Waals surface area (Å²) < 4.78 is 7.53. The summed E-state index contributed by atoms with van der Waals surface area (Å²) in [6, 6.07) is 8.46. The molecule has 6 heteroatoms. The molecule has 0 amide bonds. The number of hydrogen-bond donors (Lipinski definition) is 0. The van der Waals surface area contributed by atoms with Crippen molar-refractivity contribution in [2.24, 2.45) is 0 Å². The highest BCUT2D eigenvalue weighted by Crippen LogP contribution is 2.26. The van der Waals surface area contributed by atoms with Crippen molar-refractivity contribution in [1.29, 1.82) is 5.26 Å². The average Bonchev–Trinajstić information content (AvgIpc) is 3.24. The van der Waals surface area contributed by atoms with Crippen LogP contribution < -0.4 is 0 Å². The molecule has 0 aliphatic carbocycles. The second-order valence-electron chi connectivity index (χ2n) is 5.86. The first-order valence-electron chi connectivity index (χ1n) is 7.69. The maximum atomic E-state index is 9.51. The van der Waals surface area contributed by atoms with Gasteiger partial charge in [-0.05, 0) is 56.8 Å². The van der Waals surface area contributed by atoms with Gasteiger partial charge in [-0.1, -0.05) is 11.2 Å². The lowest BCUT2D eigenvalue weighted by molar-refractivity contribution is 0.409. The lowest BCUT2D eigenvalue weighted by Gasteiger charge is -2.13. The van der Waals surface area contributed by atoms with Gasteiger partial charge in [0.2, 0.25) is 5.82 Å². The smallest absolute Gasteiger partial charge is 0.268 e. The molecular formula is C18H18N4OS. The summed E-state index contributed by atoms with van der Waals surface area (Å²) in [6.45, 7) is 8.41. The number of nitrogens with zero attached hydrogens (tertiary/aromatic N) is 4. The van der Waals surface area contributed by atoms with Gasteiger partial charge in [0.25, 0.3) is 5.89 Å². The average molecular weight is 338 g/mol. The van der Waals surface area contributed by atoms with Gasteiger partial charge in [0, 0.05) is 17.4 Å². The van der Waals surface area contributed by atoms with Crippen LogP contribution in [0.5, 0.6) is 0 Å². The Morgan fingerprint density at radius 1 is 1.42 bits per heavy atom. The van der Waals surface area contributed by atoms with Gasteiger partial charge in [-0.3, -0.25) is 0 Å². The third-order valence-corrected chi connectivity index (χ3v) is 4.72.